The fraction of sp³-hybridized carbons (Fsp3) is 0.500. The Balaban J connectivity index is 1.92. The van der Waals surface area contributed by atoms with E-state index in [4.69, 9.17) is 5.26 Å². The largest absolute Gasteiger partial charge is 0.353 e. The van der Waals surface area contributed by atoms with Crippen LogP contribution >= 0.6 is 0 Å². The van der Waals surface area contributed by atoms with Gasteiger partial charge in [-0.25, -0.2) is 0 Å². The summed E-state index contributed by atoms with van der Waals surface area (Å²) < 4.78 is 0. The van der Waals surface area contributed by atoms with Crippen molar-refractivity contribution in [3.63, 3.8) is 0 Å². The Kier molecular flexibility index (Phi) is 5.05. The summed E-state index contributed by atoms with van der Waals surface area (Å²) in [7, 11) is 0. The average molecular weight is 313 g/mol. The topological polar surface area (TPSA) is 73.2 Å². The second-order valence-electron chi connectivity index (χ2n) is 6.98. The zero-order valence-electron chi connectivity index (χ0n) is 13.9. The van der Waals surface area contributed by atoms with Crippen molar-refractivity contribution in [1.29, 1.82) is 5.26 Å². The van der Waals surface area contributed by atoms with Crippen LogP contribution in [0, 0.1) is 16.7 Å². The molecule has 2 rings (SSSR count). The lowest BCUT2D eigenvalue weighted by atomic mass is 9.94. The minimum absolute atomic E-state index is 0.0454. The smallest absolute Gasteiger partial charge is 0.253 e. The summed E-state index contributed by atoms with van der Waals surface area (Å²) in [5.41, 5.74) is 0.634. The average Bonchev–Trinajstić information content (AvgIpc) is 2.54. The number of nitriles is 1. The van der Waals surface area contributed by atoms with Crippen LogP contribution < -0.4 is 5.32 Å². The van der Waals surface area contributed by atoms with Gasteiger partial charge in [-0.15, -0.1) is 0 Å². The molecule has 0 spiro atoms. The maximum absolute atomic E-state index is 12.5. The summed E-state index contributed by atoms with van der Waals surface area (Å²) in [6, 6.07) is 8.93. The van der Waals surface area contributed by atoms with E-state index in [1.54, 1.807) is 29.2 Å². The van der Waals surface area contributed by atoms with Crippen LogP contribution in [0.5, 0.6) is 0 Å². The van der Waals surface area contributed by atoms with E-state index in [2.05, 4.69) is 5.32 Å². The third kappa shape index (κ3) is 4.32. The van der Waals surface area contributed by atoms with Crippen LogP contribution in [0.25, 0.3) is 0 Å². The normalized spacial score (nSPS) is 15.8. The van der Waals surface area contributed by atoms with Crippen molar-refractivity contribution in [2.45, 2.75) is 39.7 Å². The van der Waals surface area contributed by atoms with E-state index < -0.39 is 5.41 Å². The van der Waals surface area contributed by atoms with Crippen LogP contribution in [0.15, 0.2) is 24.3 Å². The first-order valence-electron chi connectivity index (χ1n) is 7.91. The highest BCUT2D eigenvalue weighted by Crippen LogP contribution is 2.18. The monoisotopic (exact) mass is 313 g/mol. The number of amides is 2. The molecule has 0 atom stereocenters. The second kappa shape index (κ2) is 6.82. The number of hydrogen-bond acceptors (Lipinski definition) is 3. The summed E-state index contributed by atoms with van der Waals surface area (Å²) >= 11 is 0. The number of rotatable bonds is 2. The number of nitrogens with zero attached hydrogens (tertiary/aromatic N) is 2. The van der Waals surface area contributed by atoms with Gasteiger partial charge in [-0.1, -0.05) is 26.8 Å². The first-order valence-corrected chi connectivity index (χ1v) is 7.91. The van der Waals surface area contributed by atoms with Gasteiger partial charge in [-0.05, 0) is 31.0 Å². The highest BCUT2D eigenvalue weighted by Gasteiger charge is 2.28. The van der Waals surface area contributed by atoms with Crippen molar-refractivity contribution in [3.8, 4) is 6.07 Å². The first kappa shape index (κ1) is 17.0. The van der Waals surface area contributed by atoms with Gasteiger partial charge in [0, 0.05) is 30.1 Å². The Bertz CT molecular complexity index is 632. The molecule has 1 aromatic rings. The van der Waals surface area contributed by atoms with E-state index in [0.717, 1.165) is 12.8 Å². The molecule has 0 bridgehead atoms. The Morgan fingerprint density at radius 3 is 2.48 bits per heavy atom. The number of likely N-dealkylation sites (tertiary alicyclic amines) is 1. The Morgan fingerprint density at radius 1 is 1.26 bits per heavy atom. The van der Waals surface area contributed by atoms with Gasteiger partial charge in [0.2, 0.25) is 5.91 Å². The van der Waals surface area contributed by atoms with E-state index in [9.17, 15) is 9.59 Å². The van der Waals surface area contributed by atoms with E-state index in [-0.39, 0.29) is 17.9 Å². The molecule has 1 N–H and O–H groups in total. The third-order valence-electron chi connectivity index (χ3n) is 4.04. The van der Waals surface area contributed by atoms with Crippen molar-refractivity contribution in [1.82, 2.24) is 10.2 Å². The zero-order valence-corrected chi connectivity index (χ0v) is 13.9. The van der Waals surface area contributed by atoms with Crippen LogP contribution in [0.2, 0.25) is 0 Å². The lowest BCUT2D eigenvalue weighted by Gasteiger charge is -2.33. The van der Waals surface area contributed by atoms with Crippen LogP contribution in [0.4, 0.5) is 0 Å². The third-order valence-corrected chi connectivity index (χ3v) is 4.04. The van der Waals surface area contributed by atoms with E-state index in [0.29, 0.717) is 24.2 Å². The van der Waals surface area contributed by atoms with Gasteiger partial charge in [-0.3, -0.25) is 9.59 Å². The predicted molar refractivity (Wildman–Crippen MR) is 87.7 cm³/mol. The number of carbonyl (C=O) groups excluding carboxylic acids is 2. The van der Waals surface area contributed by atoms with Gasteiger partial charge in [0.15, 0.2) is 0 Å². The minimum Gasteiger partial charge on any atom is -0.353 e. The number of benzene rings is 1. The molecule has 2 amide bonds. The lowest BCUT2D eigenvalue weighted by molar-refractivity contribution is -0.129. The van der Waals surface area contributed by atoms with E-state index >= 15 is 0 Å². The highest BCUT2D eigenvalue weighted by molar-refractivity contribution is 5.94. The standard InChI is InChI=1S/C18H23N3O2/c1-18(2,3)17(23)20-15-7-9-21(10-8-15)16(22)14-6-4-5-13(11-14)12-19/h4-6,11,15H,7-10H2,1-3H3,(H,20,23). The zero-order chi connectivity index (χ0) is 17.0. The summed E-state index contributed by atoms with van der Waals surface area (Å²) in [4.78, 5) is 26.3. The van der Waals surface area contributed by atoms with Crippen molar-refractivity contribution in [2.75, 3.05) is 13.1 Å². The van der Waals surface area contributed by atoms with Gasteiger partial charge in [0.25, 0.3) is 5.91 Å². The molecule has 0 saturated carbocycles. The van der Waals surface area contributed by atoms with Crippen LogP contribution in [-0.2, 0) is 4.79 Å². The molecular formula is C18H23N3O2. The minimum atomic E-state index is -0.398. The first-order chi connectivity index (χ1) is 10.8. The number of hydrogen-bond donors (Lipinski definition) is 1. The second-order valence-corrected chi connectivity index (χ2v) is 6.98. The molecule has 1 aromatic carbocycles. The fourth-order valence-corrected chi connectivity index (χ4v) is 2.53. The van der Waals surface area contributed by atoms with E-state index in [1.165, 1.54) is 0 Å². The molecule has 1 aliphatic heterocycles. The molecule has 5 heteroatoms. The van der Waals surface area contributed by atoms with Gasteiger partial charge in [-0.2, -0.15) is 5.26 Å². The Morgan fingerprint density at radius 2 is 1.91 bits per heavy atom. The van der Waals surface area contributed by atoms with Crippen LogP contribution in [0.1, 0.15) is 49.5 Å². The van der Waals surface area contributed by atoms with Crippen LogP contribution in [-0.4, -0.2) is 35.8 Å². The molecule has 1 saturated heterocycles. The Hall–Kier alpha value is -2.35. The molecule has 0 unspecified atom stereocenters. The molecule has 0 aromatic heterocycles. The Labute approximate surface area is 137 Å². The van der Waals surface area contributed by atoms with Gasteiger partial charge >= 0.3 is 0 Å². The van der Waals surface area contributed by atoms with Gasteiger partial charge < -0.3 is 10.2 Å². The SMILES string of the molecule is CC(C)(C)C(=O)NC1CCN(C(=O)c2cccc(C#N)c2)CC1. The maximum atomic E-state index is 12.5. The van der Waals surface area contributed by atoms with Crippen molar-refractivity contribution >= 4 is 11.8 Å². The fourth-order valence-electron chi connectivity index (χ4n) is 2.53. The molecule has 5 nitrogen and oxygen atoms in total. The number of carbonyl (C=O) groups is 2. The molecule has 122 valence electrons. The molecule has 23 heavy (non-hydrogen) atoms. The van der Waals surface area contributed by atoms with E-state index in [1.807, 2.05) is 26.8 Å². The van der Waals surface area contributed by atoms with Crippen molar-refractivity contribution < 1.29 is 9.59 Å². The molecule has 1 aliphatic rings. The number of piperidine rings is 1. The summed E-state index contributed by atoms with van der Waals surface area (Å²) in [5.74, 6) is -0.00769. The molecule has 0 radical (unpaired) electrons. The predicted octanol–water partition coefficient (Wildman–Crippen LogP) is 2.33. The highest BCUT2D eigenvalue weighted by atomic mass is 16.2. The van der Waals surface area contributed by atoms with Crippen LogP contribution in [0.3, 0.4) is 0 Å². The number of nitrogens with one attached hydrogen (secondary N) is 1. The molecule has 0 aliphatic carbocycles. The summed E-state index contributed by atoms with van der Waals surface area (Å²) in [6.07, 6.45) is 1.51. The lowest BCUT2D eigenvalue weighted by Crippen LogP contribution is -2.49. The van der Waals surface area contributed by atoms with Crippen molar-refractivity contribution in [2.24, 2.45) is 5.41 Å². The van der Waals surface area contributed by atoms with Crippen molar-refractivity contribution in [3.05, 3.63) is 35.4 Å². The molecular weight excluding hydrogens is 290 g/mol. The maximum Gasteiger partial charge on any atom is 0.253 e. The molecule has 1 fully saturated rings. The van der Waals surface area contributed by atoms with Gasteiger partial charge in [0.05, 0.1) is 11.6 Å². The van der Waals surface area contributed by atoms with Gasteiger partial charge in [0.1, 0.15) is 0 Å². The summed E-state index contributed by atoms with van der Waals surface area (Å²) in [6.45, 7) is 6.91. The molecule has 1 heterocycles. The quantitative estimate of drug-likeness (QED) is 0.910. The summed E-state index contributed by atoms with van der Waals surface area (Å²) in [5, 5.41) is 12.0.